The van der Waals surface area contributed by atoms with Crippen LogP contribution in [0.15, 0.2) is 34.5 Å². The summed E-state index contributed by atoms with van der Waals surface area (Å²) in [5, 5.41) is 10.2. The molecule has 0 amide bonds. The van der Waals surface area contributed by atoms with Gasteiger partial charge in [-0.15, -0.1) is 11.3 Å². The lowest BCUT2D eigenvalue weighted by Crippen LogP contribution is -2.28. The van der Waals surface area contributed by atoms with E-state index in [0.717, 1.165) is 29.1 Å². The molecule has 2 N–H and O–H groups in total. The molecule has 0 fully saturated rings. The van der Waals surface area contributed by atoms with Crippen LogP contribution in [0.3, 0.4) is 0 Å². The molecular formula is C14H14ClNO4S2. The van der Waals surface area contributed by atoms with Gasteiger partial charge in [-0.05, 0) is 35.4 Å². The fourth-order valence-corrected chi connectivity index (χ4v) is 4.80. The second kappa shape index (κ2) is 6.17. The van der Waals surface area contributed by atoms with E-state index in [1.54, 1.807) is 12.1 Å². The third-order valence-electron chi connectivity index (χ3n) is 3.38. The third-order valence-corrected chi connectivity index (χ3v) is 6.52. The number of halogens is 1. The first-order valence-electron chi connectivity index (χ1n) is 6.64. The van der Waals surface area contributed by atoms with Gasteiger partial charge in [-0.25, -0.2) is 13.1 Å². The minimum absolute atomic E-state index is 0.0997. The molecular weight excluding hydrogens is 346 g/mol. The molecule has 1 atom stereocenters. The molecule has 8 heteroatoms. The van der Waals surface area contributed by atoms with Crippen molar-refractivity contribution in [3.8, 4) is 5.75 Å². The second-order valence-corrected chi connectivity index (χ2v) is 8.60. The van der Waals surface area contributed by atoms with E-state index in [-0.39, 0.29) is 10.8 Å². The molecule has 5 nitrogen and oxygen atoms in total. The Kier molecular flexibility index (Phi) is 4.42. The van der Waals surface area contributed by atoms with Gasteiger partial charge < -0.3 is 9.84 Å². The number of ether oxygens (including phenoxy) is 1. The molecule has 1 aromatic heterocycles. The Bertz CT molecular complexity index is 788. The van der Waals surface area contributed by atoms with Crippen molar-refractivity contribution in [3.05, 3.63) is 45.8 Å². The van der Waals surface area contributed by atoms with Crippen molar-refractivity contribution in [2.75, 3.05) is 13.2 Å². The van der Waals surface area contributed by atoms with E-state index in [9.17, 15) is 13.5 Å². The molecule has 0 spiro atoms. The van der Waals surface area contributed by atoms with Crippen molar-refractivity contribution in [2.45, 2.75) is 16.7 Å². The van der Waals surface area contributed by atoms with E-state index < -0.39 is 16.1 Å². The van der Waals surface area contributed by atoms with Gasteiger partial charge in [0.1, 0.15) is 9.96 Å². The molecule has 1 aromatic carbocycles. The van der Waals surface area contributed by atoms with E-state index in [1.165, 1.54) is 12.1 Å². The molecule has 2 aromatic rings. The first kappa shape index (κ1) is 15.8. The quantitative estimate of drug-likeness (QED) is 0.859. The maximum Gasteiger partial charge on any atom is 0.250 e. The molecule has 0 saturated carbocycles. The number of fused-ring (bicyclic) bond motifs is 1. The van der Waals surface area contributed by atoms with E-state index in [4.69, 9.17) is 16.3 Å². The Morgan fingerprint density at radius 1 is 1.36 bits per heavy atom. The molecule has 0 aliphatic carbocycles. The van der Waals surface area contributed by atoms with Crippen LogP contribution in [0.2, 0.25) is 4.34 Å². The lowest BCUT2D eigenvalue weighted by Gasteiger charge is -2.13. The summed E-state index contributed by atoms with van der Waals surface area (Å²) in [6.45, 7) is 0.540. The molecule has 0 saturated heterocycles. The van der Waals surface area contributed by atoms with Gasteiger partial charge in [-0.3, -0.25) is 0 Å². The lowest BCUT2D eigenvalue weighted by atomic mass is 10.0. The summed E-state index contributed by atoms with van der Waals surface area (Å²) in [6.07, 6.45) is -0.119. The summed E-state index contributed by atoms with van der Waals surface area (Å²) in [6, 6.07) is 8.36. The largest absolute Gasteiger partial charge is 0.493 e. The molecule has 118 valence electrons. The molecule has 22 heavy (non-hydrogen) atoms. The van der Waals surface area contributed by atoms with Crippen LogP contribution < -0.4 is 9.46 Å². The minimum Gasteiger partial charge on any atom is -0.493 e. The van der Waals surface area contributed by atoms with Gasteiger partial charge in [0, 0.05) is 13.0 Å². The van der Waals surface area contributed by atoms with Crippen molar-refractivity contribution in [1.29, 1.82) is 0 Å². The van der Waals surface area contributed by atoms with Crippen molar-refractivity contribution < 1.29 is 18.3 Å². The van der Waals surface area contributed by atoms with Crippen LogP contribution in [0.25, 0.3) is 0 Å². The van der Waals surface area contributed by atoms with E-state index in [1.807, 2.05) is 6.07 Å². The number of sulfonamides is 1. The van der Waals surface area contributed by atoms with E-state index in [2.05, 4.69) is 4.72 Å². The minimum atomic E-state index is -3.65. The summed E-state index contributed by atoms with van der Waals surface area (Å²) in [4.78, 5) is 0. The van der Waals surface area contributed by atoms with Gasteiger partial charge in [-0.2, -0.15) is 0 Å². The van der Waals surface area contributed by atoms with E-state index >= 15 is 0 Å². The molecule has 2 heterocycles. The van der Waals surface area contributed by atoms with Crippen LogP contribution in [0.5, 0.6) is 5.75 Å². The van der Waals surface area contributed by atoms with Crippen LogP contribution in [0.1, 0.15) is 17.2 Å². The van der Waals surface area contributed by atoms with Crippen LogP contribution in [-0.4, -0.2) is 26.7 Å². The molecule has 1 aliphatic rings. The van der Waals surface area contributed by atoms with Crippen molar-refractivity contribution in [1.82, 2.24) is 4.72 Å². The maximum absolute atomic E-state index is 12.1. The van der Waals surface area contributed by atoms with Gasteiger partial charge in [0.15, 0.2) is 0 Å². The zero-order valence-corrected chi connectivity index (χ0v) is 13.8. The highest BCUT2D eigenvalue weighted by atomic mass is 35.5. The number of aliphatic hydroxyl groups excluding tert-OH is 1. The first-order chi connectivity index (χ1) is 10.5. The third kappa shape index (κ3) is 3.28. The van der Waals surface area contributed by atoms with Crippen LogP contribution in [0, 0.1) is 0 Å². The topological polar surface area (TPSA) is 75.6 Å². The highest BCUT2D eigenvalue weighted by Gasteiger charge is 2.20. The Morgan fingerprint density at radius 3 is 2.91 bits per heavy atom. The monoisotopic (exact) mass is 359 g/mol. The van der Waals surface area contributed by atoms with Gasteiger partial charge in [0.25, 0.3) is 0 Å². The maximum atomic E-state index is 12.1. The SMILES string of the molecule is O=S(=O)(NC[C@@H](O)c1ccc2c(c1)CCO2)c1ccc(Cl)s1. The average Bonchev–Trinajstić information content (AvgIpc) is 3.12. The fourth-order valence-electron chi connectivity index (χ4n) is 2.23. The van der Waals surface area contributed by atoms with Gasteiger partial charge in [0.05, 0.1) is 17.0 Å². The van der Waals surface area contributed by atoms with Crippen molar-refractivity contribution in [3.63, 3.8) is 0 Å². The number of hydrogen-bond donors (Lipinski definition) is 2. The van der Waals surface area contributed by atoms with Crippen molar-refractivity contribution in [2.24, 2.45) is 0 Å². The normalized spacial score (nSPS) is 15.4. The Hall–Kier alpha value is -1.12. The molecule has 1 aliphatic heterocycles. The smallest absolute Gasteiger partial charge is 0.250 e. The lowest BCUT2D eigenvalue weighted by molar-refractivity contribution is 0.182. The highest BCUT2D eigenvalue weighted by Crippen LogP contribution is 2.29. The Balaban J connectivity index is 1.68. The number of benzene rings is 1. The number of nitrogens with one attached hydrogen (secondary N) is 1. The zero-order valence-electron chi connectivity index (χ0n) is 11.5. The van der Waals surface area contributed by atoms with Crippen molar-refractivity contribution >= 4 is 33.0 Å². The predicted octanol–water partition coefficient (Wildman–Crippen LogP) is 2.35. The van der Waals surface area contributed by atoms with Crippen LogP contribution in [-0.2, 0) is 16.4 Å². The summed E-state index contributed by atoms with van der Waals surface area (Å²) >= 11 is 6.72. The van der Waals surface area contributed by atoms with E-state index in [0.29, 0.717) is 16.5 Å². The number of rotatable bonds is 5. The zero-order chi connectivity index (χ0) is 15.7. The Morgan fingerprint density at radius 2 is 2.18 bits per heavy atom. The van der Waals surface area contributed by atoms with Gasteiger partial charge in [0.2, 0.25) is 10.0 Å². The Labute approximate surface area is 137 Å². The summed E-state index contributed by atoms with van der Waals surface area (Å²) in [7, 11) is -3.65. The standard InChI is InChI=1S/C14H14ClNO4S2/c15-13-3-4-14(21-13)22(18,19)16-8-11(17)9-1-2-12-10(7-9)5-6-20-12/h1-4,7,11,16-17H,5-6,8H2/t11-/m1/s1. The second-order valence-electron chi connectivity index (χ2n) is 4.89. The summed E-state index contributed by atoms with van der Waals surface area (Å²) in [5.41, 5.74) is 1.70. The molecule has 0 bridgehead atoms. The first-order valence-corrected chi connectivity index (χ1v) is 9.32. The molecule has 0 unspecified atom stereocenters. The number of hydrogen-bond acceptors (Lipinski definition) is 5. The number of thiophene rings is 1. The highest BCUT2D eigenvalue weighted by molar-refractivity contribution is 7.91. The molecule has 3 rings (SSSR count). The fraction of sp³-hybridized carbons (Fsp3) is 0.286. The average molecular weight is 360 g/mol. The summed E-state index contributed by atoms with van der Waals surface area (Å²) < 4.78 is 32.5. The number of aliphatic hydroxyl groups is 1. The van der Waals surface area contributed by atoms with Gasteiger partial charge in [-0.1, -0.05) is 17.7 Å². The molecule has 0 radical (unpaired) electrons. The van der Waals surface area contributed by atoms with Crippen LogP contribution >= 0.6 is 22.9 Å². The van der Waals surface area contributed by atoms with Crippen LogP contribution in [0.4, 0.5) is 0 Å². The van der Waals surface area contributed by atoms with Gasteiger partial charge >= 0.3 is 0 Å². The summed E-state index contributed by atoms with van der Waals surface area (Å²) in [5.74, 6) is 0.824. The predicted molar refractivity (Wildman–Crippen MR) is 85.1 cm³/mol.